The summed E-state index contributed by atoms with van der Waals surface area (Å²) in [5.74, 6) is -1.51. The third-order valence-corrected chi connectivity index (χ3v) is 3.30. The molecule has 0 spiro atoms. The molecule has 0 bridgehead atoms. The third kappa shape index (κ3) is 1.87. The SMILES string of the molecule is O=C(O)c1cc(C(F)(F)F)cc2c1[nH]c(=O)n2C1CC1. The lowest BCUT2D eigenvalue weighted by atomic mass is 10.1. The number of nitrogens with zero attached hydrogens (tertiary/aromatic N) is 1. The minimum atomic E-state index is -4.67. The van der Waals surface area contributed by atoms with Gasteiger partial charge in [0.15, 0.2) is 0 Å². The number of carbonyl (C=O) groups is 1. The lowest BCUT2D eigenvalue weighted by molar-refractivity contribution is -0.137. The van der Waals surface area contributed by atoms with Crippen LogP contribution in [0.2, 0.25) is 0 Å². The van der Waals surface area contributed by atoms with Gasteiger partial charge in [0.25, 0.3) is 0 Å². The highest BCUT2D eigenvalue weighted by Gasteiger charge is 2.35. The number of benzene rings is 1. The Hall–Kier alpha value is -2.25. The van der Waals surface area contributed by atoms with E-state index in [2.05, 4.69) is 4.98 Å². The molecule has 2 N–H and O–H groups in total. The molecule has 1 saturated carbocycles. The van der Waals surface area contributed by atoms with Gasteiger partial charge in [0, 0.05) is 6.04 Å². The Labute approximate surface area is 109 Å². The van der Waals surface area contributed by atoms with E-state index < -0.39 is 29.0 Å². The van der Waals surface area contributed by atoms with E-state index in [4.69, 9.17) is 5.11 Å². The van der Waals surface area contributed by atoms with Gasteiger partial charge < -0.3 is 10.1 Å². The number of carboxylic acids is 1. The van der Waals surface area contributed by atoms with Gasteiger partial charge in [-0.1, -0.05) is 0 Å². The fourth-order valence-electron chi connectivity index (χ4n) is 2.25. The van der Waals surface area contributed by atoms with Crippen molar-refractivity contribution in [2.45, 2.75) is 25.1 Å². The molecule has 0 radical (unpaired) electrons. The first-order chi connectivity index (χ1) is 9.29. The molecule has 1 heterocycles. The van der Waals surface area contributed by atoms with Crippen molar-refractivity contribution < 1.29 is 23.1 Å². The first kappa shape index (κ1) is 12.8. The number of rotatable bonds is 2. The predicted octanol–water partition coefficient (Wildman–Crippen LogP) is 2.38. The molecule has 1 fully saturated rings. The van der Waals surface area contributed by atoms with Gasteiger partial charge in [-0.25, -0.2) is 9.59 Å². The second-order valence-electron chi connectivity index (χ2n) is 4.75. The molecular formula is C12H9F3N2O3. The van der Waals surface area contributed by atoms with Gasteiger partial charge in [0.1, 0.15) is 0 Å². The largest absolute Gasteiger partial charge is 0.478 e. The number of alkyl halides is 3. The smallest absolute Gasteiger partial charge is 0.416 e. The van der Waals surface area contributed by atoms with Crippen molar-refractivity contribution >= 4 is 17.0 Å². The standard InChI is InChI=1S/C12H9F3N2O3/c13-12(14,15)5-3-7(10(18)19)9-8(4-5)17(6-1-2-6)11(20)16-9/h3-4,6H,1-2H2,(H,16,20)(H,18,19). The Morgan fingerprint density at radius 1 is 1.35 bits per heavy atom. The van der Waals surface area contributed by atoms with E-state index in [1.165, 1.54) is 4.57 Å². The number of nitrogens with one attached hydrogen (secondary N) is 1. The van der Waals surface area contributed by atoms with Crippen LogP contribution in [0.3, 0.4) is 0 Å². The summed E-state index contributed by atoms with van der Waals surface area (Å²) in [6, 6.07) is 1.21. The maximum absolute atomic E-state index is 12.8. The van der Waals surface area contributed by atoms with Gasteiger partial charge >= 0.3 is 17.8 Å². The molecule has 5 nitrogen and oxygen atoms in total. The van der Waals surface area contributed by atoms with Crippen molar-refractivity contribution in [1.29, 1.82) is 0 Å². The molecule has 20 heavy (non-hydrogen) atoms. The number of aromatic carboxylic acids is 1. The van der Waals surface area contributed by atoms with Crippen LogP contribution in [0, 0.1) is 0 Å². The van der Waals surface area contributed by atoms with E-state index >= 15 is 0 Å². The average molecular weight is 286 g/mol. The van der Waals surface area contributed by atoms with Crippen LogP contribution in [0.4, 0.5) is 13.2 Å². The van der Waals surface area contributed by atoms with Crippen molar-refractivity contribution in [3.8, 4) is 0 Å². The maximum Gasteiger partial charge on any atom is 0.416 e. The van der Waals surface area contributed by atoms with Gasteiger partial charge in [-0.05, 0) is 25.0 Å². The number of hydrogen-bond acceptors (Lipinski definition) is 2. The summed E-state index contributed by atoms with van der Waals surface area (Å²) in [5, 5.41) is 9.03. The van der Waals surface area contributed by atoms with E-state index in [1.54, 1.807) is 0 Å². The summed E-state index contributed by atoms with van der Waals surface area (Å²) in [4.78, 5) is 25.2. The first-order valence-electron chi connectivity index (χ1n) is 5.88. The number of aromatic amines is 1. The van der Waals surface area contributed by atoms with Gasteiger partial charge in [0.05, 0.1) is 22.2 Å². The van der Waals surface area contributed by atoms with Gasteiger partial charge in [-0.3, -0.25) is 4.57 Å². The van der Waals surface area contributed by atoms with Crippen molar-refractivity contribution in [3.05, 3.63) is 33.7 Å². The summed E-state index contributed by atoms with van der Waals surface area (Å²) >= 11 is 0. The molecule has 1 aromatic heterocycles. The molecule has 106 valence electrons. The Kier molecular flexibility index (Phi) is 2.47. The summed E-state index contributed by atoms with van der Waals surface area (Å²) < 4.78 is 39.7. The van der Waals surface area contributed by atoms with E-state index in [0.717, 1.165) is 6.07 Å². The molecule has 1 aliphatic carbocycles. The Bertz CT molecular complexity index is 769. The number of imidazole rings is 1. The predicted molar refractivity (Wildman–Crippen MR) is 62.8 cm³/mol. The number of aromatic nitrogens is 2. The summed E-state index contributed by atoms with van der Waals surface area (Å²) in [5.41, 5.74) is -2.28. The molecule has 0 aliphatic heterocycles. The highest BCUT2D eigenvalue weighted by atomic mass is 19.4. The first-order valence-corrected chi connectivity index (χ1v) is 5.88. The minimum Gasteiger partial charge on any atom is -0.478 e. The lowest BCUT2D eigenvalue weighted by Gasteiger charge is -2.09. The molecule has 0 unspecified atom stereocenters. The fraction of sp³-hybridized carbons (Fsp3) is 0.333. The van der Waals surface area contributed by atoms with Crippen LogP contribution in [-0.4, -0.2) is 20.6 Å². The van der Waals surface area contributed by atoms with Gasteiger partial charge in [0.2, 0.25) is 0 Å². The van der Waals surface area contributed by atoms with Crippen LogP contribution in [0.15, 0.2) is 16.9 Å². The Morgan fingerprint density at radius 3 is 2.50 bits per heavy atom. The number of halogens is 3. The zero-order chi connectivity index (χ0) is 14.7. The van der Waals surface area contributed by atoms with Crippen LogP contribution in [-0.2, 0) is 6.18 Å². The highest BCUT2D eigenvalue weighted by molar-refractivity contribution is 6.01. The molecule has 0 amide bonds. The summed E-state index contributed by atoms with van der Waals surface area (Å²) in [6.45, 7) is 0. The number of H-pyrrole nitrogens is 1. The van der Waals surface area contributed by atoms with Crippen molar-refractivity contribution in [2.24, 2.45) is 0 Å². The molecule has 1 aliphatic rings. The molecule has 8 heteroatoms. The van der Waals surface area contributed by atoms with Gasteiger partial charge in [-0.15, -0.1) is 0 Å². The zero-order valence-corrected chi connectivity index (χ0v) is 9.99. The number of hydrogen-bond donors (Lipinski definition) is 2. The second-order valence-corrected chi connectivity index (χ2v) is 4.75. The quantitative estimate of drug-likeness (QED) is 0.890. The Balaban J connectivity index is 2.39. The molecule has 3 rings (SSSR count). The monoisotopic (exact) mass is 286 g/mol. The molecule has 0 atom stereocenters. The van der Waals surface area contributed by atoms with Crippen LogP contribution in [0.5, 0.6) is 0 Å². The molecule has 2 aromatic rings. The fourth-order valence-corrected chi connectivity index (χ4v) is 2.25. The van der Waals surface area contributed by atoms with Crippen molar-refractivity contribution in [1.82, 2.24) is 9.55 Å². The van der Waals surface area contributed by atoms with Gasteiger partial charge in [-0.2, -0.15) is 13.2 Å². The van der Waals surface area contributed by atoms with E-state index in [1.807, 2.05) is 0 Å². The Morgan fingerprint density at radius 2 is 2.00 bits per heavy atom. The van der Waals surface area contributed by atoms with Crippen molar-refractivity contribution in [2.75, 3.05) is 0 Å². The zero-order valence-electron chi connectivity index (χ0n) is 9.99. The van der Waals surface area contributed by atoms with Crippen molar-refractivity contribution in [3.63, 3.8) is 0 Å². The second kappa shape index (κ2) is 3.87. The van der Waals surface area contributed by atoms with Crippen LogP contribution in [0.25, 0.3) is 11.0 Å². The van der Waals surface area contributed by atoms with Crippen LogP contribution in [0.1, 0.15) is 34.8 Å². The van der Waals surface area contributed by atoms with E-state index in [-0.39, 0.29) is 17.1 Å². The van der Waals surface area contributed by atoms with E-state index in [9.17, 15) is 22.8 Å². The van der Waals surface area contributed by atoms with Crippen LogP contribution >= 0.6 is 0 Å². The maximum atomic E-state index is 12.8. The minimum absolute atomic E-state index is 0.00951. The topological polar surface area (TPSA) is 75.1 Å². The lowest BCUT2D eigenvalue weighted by Crippen LogP contribution is -2.15. The summed E-state index contributed by atoms with van der Waals surface area (Å²) in [6.07, 6.45) is -3.27. The third-order valence-electron chi connectivity index (χ3n) is 3.30. The summed E-state index contributed by atoms with van der Waals surface area (Å²) in [7, 11) is 0. The van der Waals surface area contributed by atoms with Crippen LogP contribution < -0.4 is 5.69 Å². The molecule has 1 aromatic carbocycles. The molecular weight excluding hydrogens is 277 g/mol. The highest BCUT2D eigenvalue weighted by Crippen LogP contribution is 2.38. The van der Waals surface area contributed by atoms with E-state index in [0.29, 0.717) is 18.9 Å². The molecule has 0 saturated heterocycles. The number of carboxylic acid groups (broad SMARTS) is 1. The average Bonchev–Trinajstić information content (AvgIpc) is 3.09. The number of fused-ring (bicyclic) bond motifs is 1. The normalized spacial score (nSPS) is 15.8.